The number of nitrogens with one attached hydrogen (secondary N) is 1. The van der Waals surface area contributed by atoms with Gasteiger partial charge in [0, 0.05) is 18.1 Å². The second kappa shape index (κ2) is 6.72. The van der Waals surface area contributed by atoms with Crippen LogP contribution in [0.4, 0.5) is 18.9 Å². The van der Waals surface area contributed by atoms with E-state index < -0.39 is 28.0 Å². The zero-order valence-corrected chi connectivity index (χ0v) is 15.5. The largest absolute Gasteiger partial charge is 0.416 e. The highest BCUT2D eigenvalue weighted by Gasteiger charge is 2.39. The Morgan fingerprint density at radius 2 is 1.97 bits per heavy atom. The van der Waals surface area contributed by atoms with Crippen LogP contribution >= 0.6 is 0 Å². The molecular formula is C19H13F3N4O2S. The number of halogens is 3. The number of pyridine rings is 1. The van der Waals surface area contributed by atoms with Crippen LogP contribution in [0.1, 0.15) is 22.9 Å². The molecule has 148 valence electrons. The van der Waals surface area contributed by atoms with Crippen molar-refractivity contribution in [1.29, 1.82) is 5.26 Å². The van der Waals surface area contributed by atoms with E-state index in [4.69, 9.17) is 5.26 Å². The second-order valence-corrected chi connectivity index (χ2v) is 8.10. The molecule has 1 aromatic heterocycles. The fraction of sp³-hybridized carbons (Fsp3) is 0.158. The lowest BCUT2D eigenvalue weighted by atomic mass is 10.0. The fourth-order valence-electron chi connectivity index (χ4n) is 3.39. The van der Waals surface area contributed by atoms with Gasteiger partial charge in [0.25, 0.3) is 0 Å². The Morgan fingerprint density at radius 1 is 1.17 bits per heavy atom. The van der Waals surface area contributed by atoms with Gasteiger partial charge in [-0.15, -0.1) is 0 Å². The average Bonchev–Trinajstić information content (AvgIpc) is 3.01. The van der Waals surface area contributed by atoms with Gasteiger partial charge < -0.3 is 0 Å². The number of fused-ring (bicyclic) bond motifs is 1. The Kier molecular flexibility index (Phi) is 4.44. The summed E-state index contributed by atoms with van der Waals surface area (Å²) in [5.74, 6) is 0. The molecule has 6 nitrogen and oxygen atoms in total. The number of hydrogen-bond acceptors (Lipinski definition) is 4. The van der Waals surface area contributed by atoms with Crippen molar-refractivity contribution in [1.82, 2.24) is 9.71 Å². The predicted octanol–water partition coefficient (Wildman–Crippen LogP) is 3.52. The first-order chi connectivity index (χ1) is 13.7. The maximum absolute atomic E-state index is 13.1. The number of rotatable bonds is 2. The highest BCUT2D eigenvalue weighted by atomic mass is 32.2. The number of nitriles is 1. The first-order valence-electron chi connectivity index (χ1n) is 8.46. The summed E-state index contributed by atoms with van der Waals surface area (Å²) in [4.78, 5) is 3.96. The van der Waals surface area contributed by atoms with Gasteiger partial charge in [0.1, 0.15) is 11.8 Å². The minimum atomic E-state index is -4.53. The summed E-state index contributed by atoms with van der Waals surface area (Å²) in [7, 11) is -3.95. The number of hydrogen-bond donors (Lipinski definition) is 1. The van der Waals surface area contributed by atoms with Gasteiger partial charge >= 0.3 is 16.4 Å². The summed E-state index contributed by atoms with van der Waals surface area (Å²) >= 11 is 0. The summed E-state index contributed by atoms with van der Waals surface area (Å²) in [6, 6.07) is 12.0. The zero-order valence-electron chi connectivity index (χ0n) is 14.7. The highest BCUT2D eigenvalue weighted by Crippen LogP contribution is 2.37. The lowest BCUT2D eigenvalue weighted by molar-refractivity contribution is -0.137. The van der Waals surface area contributed by atoms with Gasteiger partial charge in [0.05, 0.1) is 17.3 Å². The number of aromatic nitrogens is 1. The molecule has 1 saturated heterocycles. The van der Waals surface area contributed by atoms with E-state index in [1.807, 2.05) is 6.07 Å². The van der Waals surface area contributed by atoms with Crippen molar-refractivity contribution in [3.05, 3.63) is 71.5 Å². The third-order valence-electron chi connectivity index (χ3n) is 4.71. The van der Waals surface area contributed by atoms with Crippen molar-refractivity contribution < 1.29 is 21.6 Å². The van der Waals surface area contributed by atoms with Crippen LogP contribution in [0.3, 0.4) is 0 Å². The maximum atomic E-state index is 13.1. The van der Waals surface area contributed by atoms with E-state index in [1.165, 1.54) is 24.4 Å². The second-order valence-electron chi connectivity index (χ2n) is 6.47. The number of anilines is 1. The highest BCUT2D eigenvalue weighted by molar-refractivity contribution is 7.91. The molecule has 1 aliphatic rings. The van der Waals surface area contributed by atoms with E-state index in [2.05, 4.69) is 9.71 Å². The van der Waals surface area contributed by atoms with Crippen molar-refractivity contribution in [2.24, 2.45) is 0 Å². The minimum Gasteiger partial charge on any atom is -0.249 e. The Morgan fingerprint density at radius 3 is 2.69 bits per heavy atom. The standard InChI is InChI=1S/C19H13F3N4O2S/c20-19(21,22)14-3-1-2-13(8-14)18-11-25-29(27,28)26(18)15-4-5-16-12(9-15)6-7-24-17(16)10-23/h1-9,18,25H,11H2/t18-/m0/s1. The van der Waals surface area contributed by atoms with Gasteiger partial charge in [0.15, 0.2) is 0 Å². The Hall–Kier alpha value is -3.16. The van der Waals surface area contributed by atoms with Crippen molar-refractivity contribution in [3.8, 4) is 6.07 Å². The molecule has 10 heteroatoms. The predicted molar refractivity (Wildman–Crippen MR) is 100 cm³/mol. The minimum absolute atomic E-state index is 0.0680. The first-order valence-corrected chi connectivity index (χ1v) is 9.90. The molecule has 1 aliphatic heterocycles. The van der Waals surface area contributed by atoms with Crippen LogP contribution < -0.4 is 9.03 Å². The normalized spacial score (nSPS) is 18.7. The van der Waals surface area contributed by atoms with Gasteiger partial charge in [-0.05, 0) is 47.3 Å². The smallest absolute Gasteiger partial charge is 0.249 e. The summed E-state index contributed by atoms with van der Waals surface area (Å²) in [5, 5.41) is 10.3. The van der Waals surface area contributed by atoms with Crippen LogP contribution in [0.5, 0.6) is 0 Å². The molecule has 0 amide bonds. The summed E-state index contributed by atoms with van der Waals surface area (Å²) in [6.07, 6.45) is -3.10. The third-order valence-corrected chi connectivity index (χ3v) is 6.22. The number of benzene rings is 2. The van der Waals surface area contributed by atoms with Crippen molar-refractivity contribution >= 4 is 26.7 Å². The molecular weight excluding hydrogens is 405 g/mol. The Balaban J connectivity index is 1.83. The molecule has 0 aliphatic carbocycles. The number of nitrogens with zero attached hydrogens (tertiary/aromatic N) is 3. The molecule has 1 fully saturated rings. The lowest BCUT2D eigenvalue weighted by Crippen LogP contribution is -2.31. The molecule has 0 bridgehead atoms. The quantitative estimate of drug-likeness (QED) is 0.690. The summed E-state index contributed by atoms with van der Waals surface area (Å²) < 4.78 is 67.9. The van der Waals surface area contributed by atoms with Gasteiger partial charge in [-0.1, -0.05) is 12.1 Å². The van der Waals surface area contributed by atoms with Crippen LogP contribution in [-0.4, -0.2) is 19.9 Å². The average molecular weight is 418 g/mol. The van der Waals surface area contributed by atoms with Crippen LogP contribution in [0.2, 0.25) is 0 Å². The van der Waals surface area contributed by atoms with Gasteiger partial charge in [-0.25, -0.2) is 9.29 Å². The molecule has 0 unspecified atom stereocenters. The SMILES string of the molecule is N#Cc1nccc2cc(N3[C@H](c4cccc(C(F)(F)F)c4)CNS3(=O)=O)ccc12. The lowest BCUT2D eigenvalue weighted by Gasteiger charge is -2.25. The summed E-state index contributed by atoms with van der Waals surface area (Å²) in [5.41, 5.74) is -0.144. The van der Waals surface area contributed by atoms with Crippen molar-refractivity contribution in [2.45, 2.75) is 12.2 Å². The number of alkyl halides is 3. The molecule has 4 rings (SSSR count). The molecule has 0 spiro atoms. The van der Waals surface area contributed by atoms with E-state index in [0.717, 1.165) is 16.4 Å². The molecule has 2 aromatic carbocycles. The molecule has 29 heavy (non-hydrogen) atoms. The topological polar surface area (TPSA) is 86.1 Å². The van der Waals surface area contributed by atoms with Crippen LogP contribution in [0.25, 0.3) is 10.8 Å². The zero-order chi connectivity index (χ0) is 20.8. The van der Waals surface area contributed by atoms with E-state index in [1.54, 1.807) is 18.2 Å². The van der Waals surface area contributed by atoms with E-state index >= 15 is 0 Å². The monoisotopic (exact) mass is 418 g/mol. The molecule has 3 aromatic rings. The van der Waals surface area contributed by atoms with Crippen LogP contribution in [-0.2, 0) is 16.4 Å². The van der Waals surface area contributed by atoms with Crippen LogP contribution in [0.15, 0.2) is 54.7 Å². The molecule has 2 heterocycles. The Bertz CT molecular complexity index is 1250. The Labute approximate surface area is 164 Å². The van der Waals surface area contributed by atoms with Gasteiger partial charge in [-0.2, -0.15) is 31.6 Å². The van der Waals surface area contributed by atoms with E-state index in [0.29, 0.717) is 10.8 Å². The molecule has 0 radical (unpaired) electrons. The van der Waals surface area contributed by atoms with Gasteiger partial charge in [-0.3, -0.25) is 0 Å². The third kappa shape index (κ3) is 3.39. The maximum Gasteiger partial charge on any atom is 0.416 e. The summed E-state index contributed by atoms with van der Waals surface area (Å²) in [6.45, 7) is -0.0680. The van der Waals surface area contributed by atoms with Crippen LogP contribution in [0, 0.1) is 11.3 Å². The first kappa shape index (κ1) is 19.2. The van der Waals surface area contributed by atoms with Gasteiger partial charge in [0.2, 0.25) is 0 Å². The van der Waals surface area contributed by atoms with Crippen molar-refractivity contribution in [2.75, 3.05) is 10.8 Å². The molecule has 1 N–H and O–H groups in total. The van der Waals surface area contributed by atoms with E-state index in [-0.39, 0.29) is 23.5 Å². The molecule has 0 saturated carbocycles. The fourth-order valence-corrected chi connectivity index (χ4v) is 4.82. The van der Waals surface area contributed by atoms with Crippen molar-refractivity contribution in [3.63, 3.8) is 0 Å². The molecule has 1 atom stereocenters. The van der Waals surface area contributed by atoms with E-state index in [9.17, 15) is 21.6 Å².